The summed E-state index contributed by atoms with van der Waals surface area (Å²) in [5, 5.41) is 2.28. The summed E-state index contributed by atoms with van der Waals surface area (Å²) in [6, 6.07) is 1.92. The number of hydrogen-bond acceptors (Lipinski definition) is 4. The first kappa shape index (κ1) is 17.4. The molecule has 1 aromatic heterocycles. The van der Waals surface area contributed by atoms with Gasteiger partial charge < -0.3 is 9.16 Å². The van der Waals surface area contributed by atoms with Gasteiger partial charge in [-0.25, -0.2) is 4.79 Å². The van der Waals surface area contributed by atoms with Crippen LogP contribution in [0.2, 0.25) is 18.1 Å². The number of carbonyl (C=O) groups is 1. The van der Waals surface area contributed by atoms with Crippen molar-refractivity contribution >= 4 is 25.6 Å². The van der Waals surface area contributed by atoms with Crippen molar-refractivity contribution in [3.63, 3.8) is 0 Å². The second-order valence-electron chi connectivity index (χ2n) is 6.52. The molecule has 0 bridgehead atoms. The minimum atomic E-state index is -1.63. The molecule has 3 nitrogen and oxygen atoms in total. The topological polar surface area (TPSA) is 35.5 Å². The summed E-state index contributed by atoms with van der Waals surface area (Å²) in [7, 11) is -0.222. The summed E-state index contributed by atoms with van der Waals surface area (Å²) in [5.41, 5.74) is 1.19. The molecule has 1 aromatic rings. The highest BCUT2D eigenvalue weighted by Gasteiger charge is 2.36. The Morgan fingerprint density at radius 2 is 2.00 bits per heavy atom. The molecule has 20 heavy (non-hydrogen) atoms. The highest BCUT2D eigenvalue weighted by atomic mass is 32.1. The Hall–Kier alpha value is -0.653. The lowest BCUT2D eigenvalue weighted by Gasteiger charge is -2.36. The number of esters is 1. The number of ether oxygens (including phenoxy) is 1. The fourth-order valence-electron chi connectivity index (χ4n) is 1.53. The number of carbonyl (C=O) groups excluding carboxylic acids is 1. The lowest BCUT2D eigenvalue weighted by molar-refractivity contribution is 0.0606. The smallest absolute Gasteiger partial charge is 0.348 e. The summed E-state index contributed by atoms with van der Waals surface area (Å²) in [6.45, 7) is 12.1. The molecule has 0 aliphatic rings. The summed E-state index contributed by atoms with van der Waals surface area (Å²) in [6.07, 6.45) is 1.94. The molecule has 0 aliphatic heterocycles. The van der Waals surface area contributed by atoms with Crippen molar-refractivity contribution in [1.29, 1.82) is 0 Å². The zero-order valence-electron chi connectivity index (χ0n) is 13.4. The van der Waals surface area contributed by atoms with E-state index in [4.69, 9.17) is 9.16 Å². The third-order valence-electron chi connectivity index (χ3n) is 3.92. The van der Waals surface area contributed by atoms with Gasteiger partial charge in [-0.3, -0.25) is 0 Å². The first-order valence-corrected chi connectivity index (χ1v) is 10.8. The third kappa shape index (κ3) is 4.72. The Balaban J connectivity index is 2.38. The van der Waals surface area contributed by atoms with Crippen LogP contribution in [0.3, 0.4) is 0 Å². The van der Waals surface area contributed by atoms with Crippen LogP contribution in [0.15, 0.2) is 11.4 Å². The molecule has 1 rings (SSSR count). The lowest BCUT2D eigenvalue weighted by atomic mass is 10.2. The van der Waals surface area contributed by atoms with Crippen LogP contribution in [-0.4, -0.2) is 28.0 Å². The number of aryl methyl sites for hydroxylation is 1. The Morgan fingerprint density at radius 3 is 2.55 bits per heavy atom. The minimum Gasteiger partial charge on any atom is -0.465 e. The van der Waals surface area contributed by atoms with E-state index in [0.717, 1.165) is 19.4 Å². The van der Waals surface area contributed by atoms with Crippen molar-refractivity contribution in [2.24, 2.45) is 0 Å². The van der Waals surface area contributed by atoms with Crippen LogP contribution in [0.25, 0.3) is 0 Å². The standard InChI is InChI=1S/C15H26O3SSi/c1-15(2,3)20(5,6)18-9-7-8-12-10-13(19-11-12)14(16)17-4/h10-11H,7-9H2,1-6H3. The highest BCUT2D eigenvalue weighted by Crippen LogP contribution is 2.36. The van der Waals surface area contributed by atoms with Crippen molar-refractivity contribution in [1.82, 2.24) is 0 Å². The minimum absolute atomic E-state index is 0.251. The Labute approximate surface area is 127 Å². The summed E-state index contributed by atoms with van der Waals surface area (Å²) < 4.78 is 10.9. The van der Waals surface area contributed by atoms with Gasteiger partial charge in [-0.2, -0.15) is 0 Å². The normalized spacial score (nSPS) is 12.5. The van der Waals surface area contributed by atoms with Crippen molar-refractivity contribution < 1.29 is 14.0 Å². The maximum Gasteiger partial charge on any atom is 0.348 e. The van der Waals surface area contributed by atoms with Crippen LogP contribution in [0.1, 0.15) is 42.4 Å². The summed E-state index contributed by atoms with van der Waals surface area (Å²) in [4.78, 5) is 12.0. The predicted octanol–water partition coefficient (Wildman–Crippen LogP) is 4.49. The first-order valence-electron chi connectivity index (χ1n) is 6.97. The van der Waals surface area contributed by atoms with Crippen LogP contribution < -0.4 is 0 Å². The Morgan fingerprint density at radius 1 is 1.35 bits per heavy atom. The zero-order valence-corrected chi connectivity index (χ0v) is 15.2. The average molecular weight is 315 g/mol. The number of rotatable bonds is 6. The molecule has 0 unspecified atom stereocenters. The van der Waals surface area contributed by atoms with Gasteiger partial charge in [-0.1, -0.05) is 20.8 Å². The lowest BCUT2D eigenvalue weighted by Crippen LogP contribution is -2.41. The second-order valence-corrected chi connectivity index (χ2v) is 12.2. The van der Waals surface area contributed by atoms with Crippen molar-refractivity contribution in [3.8, 4) is 0 Å². The van der Waals surface area contributed by atoms with Crippen molar-refractivity contribution in [3.05, 3.63) is 21.9 Å². The molecule has 0 saturated carbocycles. The van der Waals surface area contributed by atoms with Crippen LogP contribution in [0.5, 0.6) is 0 Å². The van der Waals surface area contributed by atoms with E-state index in [1.165, 1.54) is 24.0 Å². The molecule has 0 aliphatic carbocycles. The molecule has 0 N–H and O–H groups in total. The van der Waals surface area contributed by atoms with Gasteiger partial charge in [-0.05, 0) is 48.0 Å². The van der Waals surface area contributed by atoms with E-state index < -0.39 is 8.32 Å². The van der Waals surface area contributed by atoms with Crippen molar-refractivity contribution in [2.75, 3.05) is 13.7 Å². The van der Waals surface area contributed by atoms with E-state index in [2.05, 4.69) is 33.9 Å². The number of thiophene rings is 1. The van der Waals surface area contributed by atoms with E-state index in [1.54, 1.807) is 0 Å². The van der Waals surface area contributed by atoms with Crippen LogP contribution >= 0.6 is 11.3 Å². The molecule has 0 spiro atoms. The van der Waals surface area contributed by atoms with Crippen LogP contribution in [0.4, 0.5) is 0 Å². The van der Waals surface area contributed by atoms with Gasteiger partial charge in [0.2, 0.25) is 0 Å². The summed E-state index contributed by atoms with van der Waals surface area (Å²) in [5.74, 6) is -0.251. The van der Waals surface area contributed by atoms with Crippen molar-refractivity contribution in [2.45, 2.75) is 51.7 Å². The molecule has 0 saturated heterocycles. The average Bonchev–Trinajstić information content (AvgIpc) is 2.81. The monoisotopic (exact) mass is 314 g/mol. The fourth-order valence-corrected chi connectivity index (χ4v) is 3.49. The van der Waals surface area contributed by atoms with Gasteiger partial charge in [0.25, 0.3) is 0 Å². The summed E-state index contributed by atoms with van der Waals surface area (Å²) >= 11 is 1.44. The van der Waals surface area contributed by atoms with E-state index >= 15 is 0 Å². The number of methoxy groups -OCH3 is 1. The molecule has 1 heterocycles. The Kier molecular flexibility index (Phi) is 5.98. The molecule has 0 amide bonds. The molecule has 0 radical (unpaired) electrons. The van der Waals surface area contributed by atoms with E-state index in [9.17, 15) is 4.79 Å². The highest BCUT2D eigenvalue weighted by molar-refractivity contribution is 7.12. The predicted molar refractivity (Wildman–Crippen MR) is 87.1 cm³/mol. The molecule has 5 heteroatoms. The maximum absolute atomic E-state index is 11.4. The largest absolute Gasteiger partial charge is 0.465 e. The van der Waals surface area contributed by atoms with E-state index in [0.29, 0.717) is 4.88 Å². The fraction of sp³-hybridized carbons (Fsp3) is 0.667. The molecule has 0 aromatic carbocycles. The molecule has 0 atom stereocenters. The van der Waals surface area contributed by atoms with Gasteiger partial charge in [0.05, 0.1) is 7.11 Å². The number of hydrogen-bond donors (Lipinski definition) is 0. The van der Waals surface area contributed by atoms with Gasteiger partial charge in [0, 0.05) is 6.61 Å². The van der Waals surface area contributed by atoms with E-state index in [-0.39, 0.29) is 11.0 Å². The van der Waals surface area contributed by atoms with Gasteiger partial charge in [0.15, 0.2) is 8.32 Å². The molecular formula is C15H26O3SSi. The first-order chi connectivity index (χ1) is 9.17. The quantitative estimate of drug-likeness (QED) is 0.441. The SMILES string of the molecule is COC(=O)c1cc(CCCO[Si](C)(C)C(C)(C)C)cs1. The van der Waals surface area contributed by atoms with Gasteiger partial charge in [0.1, 0.15) is 4.88 Å². The van der Waals surface area contributed by atoms with Gasteiger partial charge >= 0.3 is 5.97 Å². The third-order valence-corrected chi connectivity index (χ3v) is 9.42. The Bertz CT molecular complexity index is 446. The van der Waals surface area contributed by atoms with Gasteiger partial charge in [-0.15, -0.1) is 11.3 Å². The maximum atomic E-state index is 11.4. The van der Waals surface area contributed by atoms with E-state index in [1.807, 2.05) is 11.4 Å². The molecule has 114 valence electrons. The molecule has 0 fully saturated rings. The zero-order chi connectivity index (χ0) is 15.4. The molecular weight excluding hydrogens is 288 g/mol. The van der Waals surface area contributed by atoms with Crippen LogP contribution in [-0.2, 0) is 15.6 Å². The second kappa shape index (κ2) is 6.87. The van der Waals surface area contributed by atoms with Crippen LogP contribution in [0, 0.1) is 0 Å².